The van der Waals surface area contributed by atoms with Gasteiger partial charge in [0, 0.05) is 29.1 Å². The van der Waals surface area contributed by atoms with Crippen LogP contribution in [0.25, 0.3) is 0 Å². The number of ether oxygens (including phenoxy) is 2. The van der Waals surface area contributed by atoms with Gasteiger partial charge in [0.05, 0.1) is 0 Å². The van der Waals surface area contributed by atoms with Crippen molar-refractivity contribution in [2.45, 2.75) is 10.9 Å². The van der Waals surface area contributed by atoms with Gasteiger partial charge in [0.15, 0.2) is 11.5 Å². The first-order valence-electron chi connectivity index (χ1n) is 6.01. The van der Waals surface area contributed by atoms with Crippen LogP contribution in [-0.4, -0.2) is 17.5 Å². The van der Waals surface area contributed by atoms with Crippen LogP contribution in [0.2, 0.25) is 0 Å². The summed E-state index contributed by atoms with van der Waals surface area (Å²) in [5.41, 5.74) is 7.27. The first kappa shape index (κ1) is 12.3. The van der Waals surface area contributed by atoms with Crippen LogP contribution in [0.1, 0.15) is 11.6 Å². The highest BCUT2D eigenvalue weighted by Gasteiger charge is 2.16. The topological polar surface area (TPSA) is 57.4 Å². The summed E-state index contributed by atoms with van der Waals surface area (Å²) in [4.78, 5) is 5.17. The molecular weight excluding hydrogens is 260 g/mol. The lowest BCUT2D eigenvalue weighted by atomic mass is 10.1. The van der Waals surface area contributed by atoms with E-state index in [0.29, 0.717) is 6.79 Å². The number of fused-ring (bicyclic) bond motifs is 1. The molecule has 2 aromatic rings. The maximum absolute atomic E-state index is 6.20. The number of nitrogens with two attached hydrogens (primary N) is 1. The molecule has 0 saturated heterocycles. The van der Waals surface area contributed by atoms with Gasteiger partial charge < -0.3 is 15.2 Å². The fourth-order valence-electron chi connectivity index (χ4n) is 1.86. The molecule has 1 aromatic heterocycles. The van der Waals surface area contributed by atoms with Crippen molar-refractivity contribution in [3.05, 3.63) is 48.3 Å². The summed E-state index contributed by atoms with van der Waals surface area (Å²) in [6, 6.07) is 9.79. The molecule has 2 heterocycles. The molecule has 1 atom stereocenters. The van der Waals surface area contributed by atoms with E-state index < -0.39 is 0 Å². The Morgan fingerprint density at radius 1 is 1.16 bits per heavy atom. The molecule has 19 heavy (non-hydrogen) atoms. The van der Waals surface area contributed by atoms with Gasteiger partial charge in [-0.25, -0.2) is 0 Å². The predicted octanol–water partition coefficient (Wildman–Crippen LogP) is 2.60. The van der Waals surface area contributed by atoms with Gasteiger partial charge in [-0.1, -0.05) is 6.07 Å². The van der Waals surface area contributed by atoms with Crippen LogP contribution in [0.5, 0.6) is 11.5 Å². The van der Waals surface area contributed by atoms with Gasteiger partial charge in [0.1, 0.15) is 0 Å². The molecule has 98 valence electrons. The second-order valence-corrected chi connectivity index (χ2v) is 5.31. The highest BCUT2D eigenvalue weighted by Crippen LogP contribution is 2.34. The molecule has 0 bridgehead atoms. The molecule has 0 aliphatic carbocycles. The van der Waals surface area contributed by atoms with Crippen molar-refractivity contribution in [3.8, 4) is 11.5 Å². The average molecular weight is 274 g/mol. The molecule has 5 heteroatoms. The Balaban J connectivity index is 1.65. The molecule has 0 fully saturated rings. The van der Waals surface area contributed by atoms with Gasteiger partial charge in [-0.2, -0.15) is 0 Å². The quantitative estimate of drug-likeness (QED) is 0.868. The third-order valence-corrected chi connectivity index (χ3v) is 4.04. The molecule has 1 aromatic carbocycles. The number of benzene rings is 1. The van der Waals surface area contributed by atoms with Crippen molar-refractivity contribution in [1.29, 1.82) is 0 Å². The molecule has 1 aliphatic rings. The molecule has 0 amide bonds. The number of thioether (sulfide) groups is 1. The smallest absolute Gasteiger partial charge is 0.231 e. The lowest BCUT2D eigenvalue weighted by molar-refractivity contribution is 0.174. The van der Waals surface area contributed by atoms with Crippen molar-refractivity contribution in [3.63, 3.8) is 0 Å². The van der Waals surface area contributed by atoms with E-state index >= 15 is 0 Å². The molecule has 0 spiro atoms. The maximum atomic E-state index is 6.20. The monoisotopic (exact) mass is 274 g/mol. The predicted molar refractivity (Wildman–Crippen MR) is 74.5 cm³/mol. The van der Waals surface area contributed by atoms with E-state index in [-0.39, 0.29) is 6.04 Å². The van der Waals surface area contributed by atoms with Gasteiger partial charge in [0.25, 0.3) is 0 Å². The zero-order valence-electron chi connectivity index (χ0n) is 10.3. The number of pyridine rings is 1. The molecule has 1 aliphatic heterocycles. The van der Waals surface area contributed by atoms with Crippen LogP contribution >= 0.6 is 11.8 Å². The summed E-state index contributed by atoms with van der Waals surface area (Å²) in [5.74, 6) is 2.38. The summed E-state index contributed by atoms with van der Waals surface area (Å²) in [7, 11) is 0. The van der Waals surface area contributed by atoms with Crippen molar-refractivity contribution in [1.82, 2.24) is 4.98 Å². The van der Waals surface area contributed by atoms with Crippen molar-refractivity contribution in [2.24, 2.45) is 5.73 Å². The van der Waals surface area contributed by atoms with Crippen LogP contribution in [0.15, 0.2) is 47.6 Å². The molecular formula is C14H14N2O2S. The normalized spacial score (nSPS) is 14.4. The van der Waals surface area contributed by atoms with E-state index in [4.69, 9.17) is 15.2 Å². The Bertz CT molecular complexity index is 563. The zero-order valence-corrected chi connectivity index (χ0v) is 11.1. The van der Waals surface area contributed by atoms with E-state index in [0.717, 1.165) is 22.8 Å². The van der Waals surface area contributed by atoms with Crippen LogP contribution in [0, 0.1) is 0 Å². The molecule has 2 N–H and O–H groups in total. The summed E-state index contributed by atoms with van der Waals surface area (Å²) in [5, 5.41) is 0. The third kappa shape index (κ3) is 2.83. The van der Waals surface area contributed by atoms with Crippen molar-refractivity contribution < 1.29 is 9.47 Å². The first-order valence-corrected chi connectivity index (χ1v) is 6.99. The number of aromatic nitrogens is 1. The molecule has 4 nitrogen and oxygen atoms in total. The highest BCUT2D eigenvalue weighted by molar-refractivity contribution is 7.99. The Morgan fingerprint density at radius 3 is 2.79 bits per heavy atom. The van der Waals surface area contributed by atoms with E-state index in [1.807, 2.05) is 30.3 Å². The fraction of sp³-hybridized carbons (Fsp3) is 0.214. The molecule has 1 unspecified atom stereocenters. The van der Waals surface area contributed by atoms with Crippen LogP contribution < -0.4 is 15.2 Å². The van der Waals surface area contributed by atoms with Crippen molar-refractivity contribution in [2.75, 3.05) is 12.5 Å². The van der Waals surface area contributed by atoms with Gasteiger partial charge in [-0.15, -0.1) is 11.8 Å². The summed E-state index contributed by atoms with van der Waals surface area (Å²) < 4.78 is 10.6. The maximum Gasteiger partial charge on any atom is 0.231 e. The van der Waals surface area contributed by atoms with E-state index in [1.54, 1.807) is 24.2 Å². The van der Waals surface area contributed by atoms with Gasteiger partial charge >= 0.3 is 0 Å². The van der Waals surface area contributed by atoms with Crippen molar-refractivity contribution >= 4 is 11.8 Å². The number of nitrogens with zero attached hydrogens (tertiary/aromatic N) is 1. The zero-order chi connectivity index (χ0) is 13.1. The van der Waals surface area contributed by atoms with Gasteiger partial charge in [-0.3, -0.25) is 4.98 Å². The largest absolute Gasteiger partial charge is 0.454 e. The third-order valence-electron chi connectivity index (χ3n) is 2.90. The Hall–Kier alpha value is -1.72. The van der Waals surface area contributed by atoms with E-state index in [9.17, 15) is 0 Å². The SMILES string of the molecule is NC(CSc1ccncc1)c1ccc2c(c1)OCO2. The summed E-state index contributed by atoms with van der Waals surface area (Å²) in [6.45, 7) is 0.291. The second-order valence-electron chi connectivity index (χ2n) is 4.21. The minimum Gasteiger partial charge on any atom is -0.454 e. The van der Waals surface area contributed by atoms with Gasteiger partial charge in [0.2, 0.25) is 6.79 Å². The lowest BCUT2D eigenvalue weighted by Crippen LogP contribution is -2.12. The van der Waals surface area contributed by atoms with Crippen LogP contribution in [0.3, 0.4) is 0 Å². The van der Waals surface area contributed by atoms with Gasteiger partial charge in [-0.05, 0) is 29.8 Å². The molecule has 0 radical (unpaired) electrons. The Morgan fingerprint density at radius 2 is 1.95 bits per heavy atom. The first-order chi connectivity index (χ1) is 9.33. The highest BCUT2D eigenvalue weighted by atomic mass is 32.2. The minimum absolute atomic E-state index is 0.0346. The number of hydrogen-bond acceptors (Lipinski definition) is 5. The summed E-state index contributed by atoms with van der Waals surface area (Å²) >= 11 is 1.72. The lowest BCUT2D eigenvalue weighted by Gasteiger charge is -2.12. The van der Waals surface area contributed by atoms with E-state index in [1.165, 1.54) is 4.90 Å². The summed E-state index contributed by atoms with van der Waals surface area (Å²) in [6.07, 6.45) is 3.57. The number of hydrogen-bond donors (Lipinski definition) is 1. The van der Waals surface area contributed by atoms with Crippen LogP contribution in [0.4, 0.5) is 0 Å². The number of rotatable bonds is 4. The minimum atomic E-state index is -0.0346. The van der Waals surface area contributed by atoms with Crippen LogP contribution in [-0.2, 0) is 0 Å². The van der Waals surface area contributed by atoms with E-state index in [2.05, 4.69) is 4.98 Å². The Kier molecular flexibility index (Phi) is 3.57. The molecule has 0 saturated carbocycles. The average Bonchev–Trinajstić information content (AvgIpc) is 2.93. The fourth-order valence-corrected chi connectivity index (χ4v) is 2.74. The Labute approximate surface area is 115 Å². The molecule has 3 rings (SSSR count). The standard InChI is InChI=1S/C14H14N2O2S/c15-12(8-19-11-3-5-16-6-4-11)10-1-2-13-14(7-10)18-9-17-13/h1-7,12H,8-9,15H2. The second kappa shape index (κ2) is 5.50.